The van der Waals surface area contributed by atoms with E-state index in [-0.39, 0.29) is 13.2 Å². The van der Waals surface area contributed by atoms with E-state index in [1.54, 1.807) is 19.2 Å². The average Bonchev–Trinajstić information content (AvgIpc) is 3.22. The molecule has 0 spiro atoms. The van der Waals surface area contributed by atoms with Crippen molar-refractivity contribution in [2.45, 2.75) is 36.7 Å². The van der Waals surface area contributed by atoms with Gasteiger partial charge in [0.2, 0.25) is 15.8 Å². The lowest BCUT2D eigenvalue weighted by atomic mass is 9.91. The van der Waals surface area contributed by atoms with Gasteiger partial charge in [-0.25, -0.2) is 8.42 Å². The van der Waals surface area contributed by atoms with Crippen LogP contribution in [0.3, 0.4) is 0 Å². The van der Waals surface area contributed by atoms with Gasteiger partial charge in [0, 0.05) is 13.1 Å². The quantitative estimate of drug-likeness (QED) is 0.838. The molecule has 1 aliphatic heterocycles. The summed E-state index contributed by atoms with van der Waals surface area (Å²) in [4.78, 5) is 0.377. The summed E-state index contributed by atoms with van der Waals surface area (Å²) < 4.78 is 39.2. The van der Waals surface area contributed by atoms with Gasteiger partial charge >= 0.3 is 0 Å². The van der Waals surface area contributed by atoms with Crippen molar-refractivity contribution < 1.29 is 17.9 Å². The zero-order chi connectivity index (χ0) is 18.1. The van der Waals surface area contributed by atoms with Gasteiger partial charge in [-0.15, -0.1) is 10.2 Å². The van der Waals surface area contributed by atoms with Crippen molar-refractivity contribution in [3.63, 3.8) is 0 Å². The first-order valence-electron chi connectivity index (χ1n) is 8.65. The van der Waals surface area contributed by atoms with Crippen LogP contribution in [-0.2, 0) is 27.6 Å². The molecular weight excluding hydrogens is 358 g/mol. The maximum absolute atomic E-state index is 13.3. The van der Waals surface area contributed by atoms with Gasteiger partial charge in [0.05, 0.1) is 18.6 Å². The smallest absolute Gasteiger partial charge is 0.243 e. The van der Waals surface area contributed by atoms with Crippen molar-refractivity contribution in [2.24, 2.45) is 0 Å². The molecule has 0 saturated carbocycles. The first kappa shape index (κ1) is 17.4. The van der Waals surface area contributed by atoms with E-state index >= 15 is 0 Å². The van der Waals surface area contributed by atoms with Crippen LogP contribution >= 0.6 is 0 Å². The molecule has 2 aromatic rings. The Morgan fingerprint density at radius 1 is 1.27 bits per heavy atom. The van der Waals surface area contributed by atoms with Gasteiger partial charge < -0.3 is 9.47 Å². The molecule has 0 bridgehead atoms. The average molecular weight is 379 g/mol. The normalized spacial score (nSPS) is 21.3. The van der Waals surface area contributed by atoms with Crippen LogP contribution in [0.2, 0.25) is 0 Å². The lowest BCUT2D eigenvalue weighted by Gasteiger charge is -2.32. The number of aromatic nitrogens is 4. The molecule has 140 valence electrons. The highest BCUT2D eigenvalue weighted by Crippen LogP contribution is 2.36. The zero-order valence-corrected chi connectivity index (χ0v) is 15.3. The molecule has 1 aromatic heterocycles. The monoisotopic (exact) mass is 379 g/mol. The number of methoxy groups -OCH3 is 1. The summed E-state index contributed by atoms with van der Waals surface area (Å²) in [6, 6.07) is 3.42. The number of ether oxygens (including phenoxy) is 2. The molecule has 1 unspecified atom stereocenters. The first-order valence-corrected chi connectivity index (χ1v) is 10.1. The number of benzene rings is 1. The van der Waals surface area contributed by atoms with Crippen molar-refractivity contribution in [3.05, 3.63) is 29.1 Å². The van der Waals surface area contributed by atoms with Gasteiger partial charge in [-0.2, -0.15) is 9.52 Å². The van der Waals surface area contributed by atoms with Crippen molar-refractivity contribution in [3.8, 4) is 5.75 Å². The van der Waals surface area contributed by atoms with Crippen LogP contribution in [0.15, 0.2) is 17.0 Å². The Morgan fingerprint density at radius 2 is 2.08 bits per heavy atom. The van der Waals surface area contributed by atoms with Gasteiger partial charge in [-0.05, 0) is 48.9 Å². The molecule has 10 heteroatoms. The van der Waals surface area contributed by atoms with E-state index in [4.69, 9.17) is 9.47 Å². The molecule has 0 amide bonds. The topological polar surface area (TPSA) is 110 Å². The van der Waals surface area contributed by atoms with Crippen LogP contribution in [-0.4, -0.2) is 60.2 Å². The molecule has 0 radical (unpaired) electrons. The number of hydrogen-bond donors (Lipinski definition) is 1. The second-order valence-corrected chi connectivity index (χ2v) is 8.33. The molecule has 26 heavy (non-hydrogen) atoms. The Bertz CT molecular complexity index is 884. The first-order chi connectivity index (χ1) is 12.6. The fourth-order valence-corrected chi connectivity index (χ4v) is 5.38. The van der Waals surface area contributed by atoms with Crippen LogP contribution in [0.5, 0.6) is 5.75 Å². The maximum atomic E-state index is 13.3. The SMILES string of the molecule is COc1ccc(S(=O)(=O)N2CCOC(c3nn[nH]n3)C2)c2c1CCCC2. The van der Waals surface area contributed by atoms with E-state index in [1.807, 2.05) is 0 Å². The lowest BCUT2D eigenvalue weighted by molar-refractivity contribution is -0.00752. The highest BCUT2D eigenvalue weighted by Gasteiger charge is 2.35. The summed E-state index contributed by atoms with van der Waals surface area (Å²) in [5, 5.41) is 13.7. The van der Waals surface area contributed by atoms with Crippen molar-refractivity contribution >= 4 is 10.0 Å². The summed E-state index contributed by atoms with van der Waals surface area (Å²) in [6.45, 7) is 0.761. The molecule has 1 aliphatic carbocycles. The third-order valence-electron chi connectivity index (χ3n) is 4.97. The molecule has 1 atom stereocenters. The third-order valence-corrected chi connectivity index (χ3v) is 6.92. The Labute approximate surface area is 151 Å². The molecule has 1 N–H and O–H groups in total. The summed E-state index contributed by atoms with van der Waals surface area (Å²) in [7, 11) is -2.02. The zero-order valence-electron chi connectivity index (χ0n) is 14.5. The molecule has 2 heterocycles. The maximum Gasteiger partial charge on any atom is 0.243 e. The Hall–Kier alpha value is -2.04. The second-order valence-electron chi connectivity index (χ2n) is 6.42. The van der Waals surface area contributed by atoms with E-state index in [2.05, 4.69) is 20.6 Å². The molecule has 1 saturated heterocycles. The molecule has 2 aliphatic rings. The minimum absolute atomic E-state index is 0.169. The number of rotatable bonds is 4. The minimum Gasteiger partial charge on any atom is -0.496 e. The highest BCUT2D eigenvalue weighted by atomic mass is 32.2. The standard InChI is InChI=1S/C16H21N5O4S/c1-24-13-6-7-15(12-5-3-2-4-11(12)13)26(22,23)21-8-9-25-14(10-21)16-17-19-20-18-16/h6-7,14H,2-5,8-10H2,1H3,(H,17,18,19,20). The van der Waals surface area contributed by atoms with E-state index in [0.29, 0.717) is 17.3 Å². The van der Waals surface area contributed by atoms with Crippen LogP contribution in [0.4, 0.5) is 0 Å². The summed E-state index contributed by atoms with van der Waals surface area (Å²) in [5.41, 5.74) is 1.90. The fourth-order valence-electron chi connectivity index (χ4n) is 3.68. The number of tetrazole rings is 1. The van der Waals surface area contributed by atoms with Crippen LogP contribution < -0.4 is 4.74 Å². The third kappa shape index (κ3) is 2.97. The number of morpholine rings is 1. The Balaban J connectivity index is 1.68. The van der Waals surface area contributed by atoms with E-state index < -0.39 is 16.1 Å². The van der Waals surface area contributed by atoms with Crippen LogP contribution in [0.1, 0.15) is 35.9 Å². The summed E-state index contributed by atoms with van der Waals surface area (Å²) in [6.07, 6.45) is 3.10. The van der Waals surface area contributed by atoms with E-state index in [1.165, 1.54) is 4.31 Å². The van der Waals surface area contributed by atoms with Gasteiger partial charge in [0.25, 0.3) is 0 Å². The number of aromatic amines is 1. The Morgan fingerprint density at radius 3 is 2.81 bits per heavy atom. The van der Waals surface area contributed by atoms with Gasteiger partial charge in [-0.3, -0.25) is 0 Å². The van der Waals surface area contributed by atoms with E-state index in [9.17, 15) is 8.42 Å². The van der Waals surface area contributed by atoms with Crippen molar-refractivity contribution in [1.29, 1.82) is 0 Å². The lowest BCUT2D eigenvalue weighted by Crippen LogP contribution is -2.42. The molecule has 4 rings (SSSR count). The number of H-pyrrole nitrogens is 1. The van der Waals surface area contributed by atoms with Gasteiger partial charge in [0.15, 0.2) is 0 Å². The van der Waals surface area contributed by atoms with Crippen LogP contribution in [0.25, 0.3) is 0 Å². The number of fused-ring (bicyclic) bond motifs is 1. The number of nitrogens with one attached hydrogen (secondary N) is 1. The predicted molar refractivity (Wildman–Crippen MR) is 91.3 cm³/mol. The molecule has 1 aromatic carbocycles. The largest absolute Gasteiger partial charge is 0.496 e. The molecular formula is C16H21N5O4S. The fraction of sp³-hybridized carbons (Fsp3) is 0.562. The predicted octanol–water partition coefficient (Wildman–Crippen LogP) is 0.849. The van der Waals surface area contributed by atoms with Crippen molar-refractivity contribution in [2.75, 3.05) is 26.8 Å². The number of nitrogens with zero attached hydrogens (tertiary/aromatic N) is 4. The summed E-state index contributed by atoms with van der Waals surface area (Å²) in [5.74, 6) is 1.13. The summed E-state index contributed by atoms with van der Waals surface area (Å²) >= 11 is 0. The molecule has 1 fully saturated rings. The number of sulfonamides is 1. The van der Waals surface area contributed by atoms with E-state index in [0.717, 1.165) is 42.6 Å². The van der Waals surface area contributed by atoms with Crippen LogP contribution in [0, 0.1) is 0 Å². The highest BCUT2D eigenvalue weighted by molar-refractivity contribution is 7.89. The molecule has 9 nitrogen and oxygen atoms in total. The second kappa shape index (κ2) is 6.93. The van der Waals surface area contributed by atoms with Gasteiger partial charge in [0.1, 0.15) is 11.9 Å². The minimum atomic E-state index is -3.64. The van der Waals surface area contributed by atoms with Crippen molar-refractivity contribution in [1.82, 2.24) is 24.9 Å². The Kier molecular flexibility index (Phi) is 4.63. The van der Waals surface area contributed by atoms with Gasteiger partial charge in [-0.1, -0.05) is 5.21 Å². The number of hydrogen-bond acceptors (Lipinski definition) is 7.